The van der Waals surface area contributed by atoms with Gasteiger partial charge in [0.25, 0.3) is 10.1 Å². The zero-order valence-electron chi connectivity index (χ0n) is 28.1. The van der Waals surface area contributed by atoms with Crippen molar-refractivity contribution in [2.45, 2.75) is 193 Å². The molecule has 0 aromatic rings. The molecule has 2 unspecified atom stereocenters. The number of carbonyl (C=O) groups excluding carboxylic acids is 1. The minimum atomic E-state index is -4.33. The number of aliphatic hydroxyl groups excluding tert-OH is 1. The van der Waals surface area contributed by atoms with Crippen molar-refractivity contribution in [2.75, 3.05) is 5.75 Å². The standard InChI is InChI=1S/C36H69NO5S/c1-3-5-7-9-11-13-14-15-16-17-18-19-20-21-22-24-26-28-30-32-36(39)37-34(33-43(40,41)42)35(38)31-29-27-25-23-12-10-8-6-4-2/h15-16,29,31,34-35,38H,3-14,17-28,30,32-33H2,1-2H3,(H,37,39)(H,40,41,42)/b16-15-,31-29+. The Labute approximate surface area is 266 Å². The number of unbranched alkanes of at least 4 members (excludes halogenated alkanes) is 22. The lowest BCUT2D eigenvalue weighted by Crippen LogP contribution is -2.46. The summed E-state index contributed by atoms with van der Waals surface area (Å²) in [6, 6.07) is -1.05. The molecule has 0 bridgehead atoms. The van der Waals surface area contributed by atoms with Crippen molar-refractivity contribution >= 4 is 16.0 Å². The molecule has 0 saturated heterocycles. The molecule has 0 spiro atoms. The van der Waals surface area contributed by atoms with Crippen molar-refractivity contribution in [1.82, 2.24) is 5.32 Å². The van der Waals surface area contributed by atoms with E-state index in [0.717, 1.165) is 38.5 Å². The summed E-state index contributed by atoms with van der Waals surface area (Å²) in [5, 5.41) is 13.1. The quantitative estimate of drug-likeness (QED) is 0.0391. The second-order valence-corrected chi connectivity index (χ2v) is 14.0. The van der Waals surface area contributed by atoms with E-state index in [2.05, 4.69) is 31.3 Å². The smallest absolute Gasteiger partial charge is 0.267 e. The van der Waals surface area contributed by atoms with Crippen molar-refractivity contribution in [2.24, 2.45) is 0 Å². The zero-order chi connectivity index (χ0) is 31.9. The third kappa shape index (κ3) is 32.0. The van der Waals surface area contributed by atoms with Gasteiger partial charge in [-0.1, -0.05) is 154 Å². The van der Waals surface area contributed by atoms with Crippen molar-refractivity contribution in [3.05, 3.63) is 24.3 Å². The van der Waals surface area contributed by atoms with Gasteiger partial charge in [-0.15, -0.1) is 0 Å². The fourth-order valence-corrected chi connectivity index (χ4v) is 6.12. The summed E-state index contributed by atoms with van der Waals surface area (Å²) in [6.07, 6.45) is 37.4. The van der Waals surface area contributed by atoms with Crippen LogP contribution in [0.5, 0.6) is 0 Å². The Bertz CT molecular complexity index is 781. The number of rotatable bonds is 32. The first-order valence-corrected chi connectivity index (χ1v) is 19.6. The highest BCUT2D eigenvalue weighted by Crippen LogP contribution is 2.13. The van der Waals surface area contributed by atoms with Gasteiger partial charge in [-0.05, 0) is 44.9 Å². The maximum absolute atomic E-state index is 12.4. The summed E-state index contributed by atoms with van der Waals surface area (Å²) in [5.74, 6) is -0.980. The maximum atomic E-state index is 12.4. The number of allylic oxidation sites excluding steroid dienone is 3. The molecule has 0 heterocycles. The first-order chi connectivity index (χ1) is 20.8. The lowest BCUT2D eigenvalue weighted by atomic mass is 10.0. The number of amides is 1. The Morgan fingerprint density at radius 1 is 0.605 bits per heavy atom. The summed E-state index contributed by atoms with van der Waals surface area (Å²) < 4.78 is 32.2. The van der Waals surface area contributed by atoms with Crippen LogP contribution < -0.4 is 5.32 Å². The van der Waals surface area contributed by atoms with Gasteiger partial charge in [-0.2, -0.15) is 8.42 Å². The lowest BCUT2D eigenvalue weighted by molar-refractivity contribution is -0.122. The summed E-state index contributed by atoms with van der Waals surface area (Å²) in [5.41, 5.74) is 0. The molecular weight excluding hydrogens is 558 g/mol. The number of hydrogen-bond acceptors (Lipinski definition) is 4. The van der Waals surface area contributed by atoms with Gasteiger partial charge in [-0.3, -0.25) is 9.35 Å². The minimum Gasteiger partial charge on any atom is -0.387 e. The molecule has 1 amide bonds. The highest BCUT2D eigenvalue weighted by atomic mass is 32.2. The molecule has 7 heteroatoms. The third-order valence-corrected chi connectivity index (χ3v) is 8.90. The largest absolute Gasteiger partial charge is 0.387 e. The third-order valence-electron chi connectivity index (χ3n) is 8.12. The van der Waals surface area contributed by atoms with Crippen LogP contribution in [0.1, 0.15) is 181 Å². The molecule has 254 valence electrons. The molecule has 0 aliphatic carbocycles. The van der Waals surface area contributed by atoms with Crippen LogP contribution in [0.25, 0.3) is 0 Å². The first kappa shape index (κ1) is 41.8. The molecule has 0 aliphatic rings. The predicted molar refractivity (Wildman–Crippen MR) is 184 cm³/mol. The van der Waals surface area contributed by atoms with Crippen LogP contribution in [0, 0.1) is 0 Å². The molecule has 0 radical (unpaired) electrons. The topological polar surface area (TPSA) is 104 Å². The molecule has 0 fully saturated rings. The average Bonchev–Trinajstić information content (AvgIpc) is 2.96. The molecule has 0 saturated carbocycles. The van der Waals surface area contributed by atoms with Gasteiger partial charge in [0.2, 0.25) is 5.91 Å². The molecule has 6 nitrogen and oxygen atoms in total. The molecule has 0 aromatic carbocycles. The van der Waals surface area contributed by atoms with E-state index in [1.807, 2.05) is 6.08 Å². The van der Waals surface area contributed by atoms with Crippen molar-refractivity contribution < 1.29 is 22.9 Å². The highest BCUT2D eigenvalue weighted by Gasteiger charge is 2.24. The molecule has 0 aliphatic heterocycles. The summed E-state index contributed by atoms with van der Waals surface area (Å²) in [6.45, 7) is 4.47. The van der Waals surface area contributed by atoms with E-state index >= 15 is 0 Å². The van der Waals surface area contributed by atoms with Crippen LogP contribution >= 0.6 is 0 Å². The number of nitrogens with one attached hydrogen (secondary N) is 1. The maximum Gasteiger partial charge on any atom is 0.267 e. The predicted octanol–water partition coefficient (Wildman–Crippen LogP) is 10.0. The van der Waals surface area contributed by atoms with Crippen molar-refractivity contribution in [1.29, 1.82) is 0 Å². The van der Waals surface area contributed by atoms with E-state index in [4.69, 9.17) is 0 Å². The van der Waals surface area contributed by atoms with Crippen molar-refractivity contribution in [3.63, 3.8) is 0 Å². The SMILES string of the molecule is CCCCCCCC/C=C\CCCCCCCCCCCC(=O)NC(CS(=O)(=O)O)C(O)/C=C/CCCCCCCCC. The Morgan fingerprint density at radius 2 is 0.977 bits per heavy atom. The Morgan fingerprint density at radius 3 is 1.40 bits per heavy atom. The molecular formula is C36H69NO5S. The number of hydrogen-bond donors (Lipinski definition) is 3. The second-order valence-electron chi connectivity index (χ2n) is 12.5. The van der Waals surface area contributed by atoms with Crippen LogP contribution in [-0.4, -0.2) is 41.9 Å². The fraction of sp³-hybridized carbons (Fsp3) is 0.861. The van der Waals surface area contributed by atoms with Crippen LogP contribution in [-0.2, 0) is 14.9 Å². The average molecular weight is 628 g/mol. The van der Waals surface area contributed by atoms with E-state index in [1.54, 1.807) is 6.08 Å². The van der Waals surface area contributed by atoms with Crippen LogP contribution in [0.15, 0.2) is 24.3 Å². The molecule has 43 heavy (non-hydrogen) atoms. The van der Waals surface area contributed by atoms with Gasteiger partial charge < -0.3 is 10.4 Å². The normalized spacial score (nSPS) is 13.7. The summed E-state index contributed by atoms with van der Waals surface area (Å²) >= 11 is 0. The molecule has 2 atom stereocenters. The van der Waals surface area contributed by atoms with E-state index < -0.39 is 28.0 Å². The monoisotopic (exact) mass is 627 g/mol. The lowest BCUT2D eigenvalue weighted by Gasteiger charge is -2.21. The highest BCUT2D eigenvalue weighted by molar-refractivity contribution is 7.85. The van der Waals surface area contributed by atoms with E-state index in [9.17, 15) is 22.9 Å². The minimum absolute atomic E-state index is 0.283. The Kier molecular flexibility index (Phi) is 30.0. The van der Waals surface area contributed by atoms with Gasteiger partial charge in [0, 0.05) is 6.42 Å². The number of carbonyl (C=O) groups is 1. The number of aliphatic hydroxyl groups is 1. The second kappa shape index (κ2) is 30.8. The molecule has 0 rings (SSSR count). The van der Waals surface area contributed by atoms with Gasteiger partial charge >= 0.3 is 0 Å². The Hall–Kier alpha value is -1.18. The van der Waals surface area contributed by atoms with E-state index in [0.29, 0.717) is 6.42 Å². The van der Waals surface area contributed by atoms with Gasteiger partial charge in [0.05, 0.1) is 17.9 Å². The summed E-state index contributed by atoms with van der Waals surface area (Å²) in [4.78, 5) is 12.4. The van der Waals surface area contributed by atoms with Crippen LogP contribution in [0.4, 0.5) is 0 Å². The molecule has 0 aromatic heterocycles. The summed E-state index contributed by atoms with van der Waals surface area (Å²) in [7, 11) is -4.33. The van der Waals surface area contributed by atoms with Gasteiger partial charge in [0.1, 0.15) is 0 Å². The molecule has 3 N–H and O–H groups in total. The fourth-order valence-electron chi connectivity index (χ4n) is 5.38. The zero-order valence-corrected chi connectivity index (χ0v) is 28.9. The van der Waals surface area contributed by atoms with E-state index in [-0.39, 0.29) is 5.91 Å². The van der Waals surface area contributed by atoms with E-state index in [1.165, 1.54) is 122 Å². The van der Waals surface area contributed by atoms with Crippen molar-refractivity contribution in [3.8, 4) is 0 Å². The van der Waals surface area contributed by atoms with Gasteiger partial charge in [-0.25, -0.2) is 0 Å². The van der Waals surface area contributed by atoms with Gasteiger partial charge in [0.15, 0.2) is 0 Å². The van der Waals surface area contributed by atoms with Crippen LogP contribution in [0.2, 0.25) is 0 Å². The Balaban J connectivity index is 3.89. The first-order valence-electron chi connectivity index (χ1n) is 18.0. The van der Waals surface area contributed by atoms with Crippen LogP contribution in [0.3, 0.4) is 0 Å².